The molecule has 0 aliphatic carbocycles. The first-order valence-corrected chi connectivity index (χ1v) is 3.84. The molecule has 8 heteroatoms. The van der Waals surface area contributed by atoms with Gasteiger partial charge in [0, 0.05) is 12.1 Å². The highest BCUT2D eigenvalue weighted by molar-refractivity contribution is 5.56. The number of pyridine rings is 1. The molecule has 0 atom stereocenters. The third kappa shape index (κ3) is 2.88. The molecule has 0 unspecified atom stereocenters. The van der Waals surface area contributed by atoms with E-state index in [1.165, 1.54) is 6.07 Å². The fourth-order valence-electron chi connectivity index (χ4n) is 0.924. The second kappa shape index (κ2) is 3.81. The number of nitrogen functional groups attached to an aromatic ring is 2. The Kier molecular flexibility index (Phi) is 2.89. The van der Waals surface area contributed by atoms with Gasteiger partial charge in [-0.15, -0.1) is 13.2 Å². The Balaban J connectivity index is 3.05. The molecule has 0 aliphatic rings. The standard InChI is InChI=1S/C7H9F3N4O/c8-7(9,10)15-6-4(12)1-3(2-11)5(13)14-6/h1H,2,11-12H2,(H2,13,14). The molecule has 0 aromatic carbocycles. The third-order valence-corrected chi connectivity index (χ3v) is 1.56. The molecule has 15 heavy (non-hydrogen) atoms. The maximum atomic E-state index is 11.9. The second-order valence-corrected chi connectivity index (χ2v) is 2.68. The summed E-state index contributed by atoms with van der Waals surface area (Å²) in [6.45, 7) is 0.0370. The number of nitrogens with two attached hydrogens (primary N) is 3. The van der Waals surface area contributed by atoms with Crippen LogP contribution in [0.25, 0.3) is 0 Å². The summed E-state index contributed by atoms with van der Waals surface area (Å²) in [5, 5.41) is 0. The minimum Gasteiger partial charge on any atom is -0.394 e. The van der Waals surface area contributed by atoms with Crippen LogP contribution in [0.4, 0.5) is 24.7 Å². The Morgan fingerprint density at radius 1 is 1.33 bits per heavy atom. The van der Waals surface area contributed by atoms with E-state index in [1.54, 1.807) is 0 Å². The largest absolute Gasteiger partial charge is 0.574 e. The average Bonchev–Trinajstić information content (AvgIpc) is 2.08. The summed E-state index contributed by atoms with van der Waals surface area (Å²) in [4.78, 5) is 3.36. The topological polar surface area (TPSA) is 100 Å². The van der Waals surface area contributed by atoms with Crippen LogP contribution in [-0.4, -0.2) is 11.3 Å². The summed E-state index contributed by atoms with van der Waals surface area (Å²) in [7, 11) is 0. The molecule has 1 rings (SSSR count). The van der Waals surface area contributed by atoms with Gasteiger partial charge in [-0.25, -0.2) is 0 Å². The molecule has 1 heterocycles. The summed E-state index contributed by atoms with van der Waals surface area (Å²) in [5.74, 6) is -0.900. The quantitative estimate of drug-likeness (QED) is 0.680. The van der Waals surface area contributed by atoms with E-state index in [0.717, 1.165) is 0 Å². The number of alkyl halides is 3. The predicted octanol–water partition coefficient (Wildman–Crippen LogP) is 0.603. The van der Waals surface area contributed by atoms with E-state index >= 15 is 0 Å². The van der Waals surface area contributed by atoms with Gasteiger partial charge in [-0.05, 0) is 6.07 Å². The third-order valence-electron chi connectivity index (χ3n) is 1.56. The lowest BCUT2D eigenvalue weighted by Crippen LogP contribution is -2.19. The Labute approximate surface area is 83.0 Å². The first kappa shape index (κ1) is 11.4. The van der Waals surface area contributed by atoms with Gasteiger partial charge >= 0.3 is 6.36 Å². The molecule has 0 spiro atoms. The summed E-state index contributed by atoms with van der Waals surface area (Å²) in [6, 6.07) is 1.20. The van der Waals surface area contributed by atoms with Gasteiger partial charge in [-0.3, -0.25) is 0 Å². The zero-order valence-corrected chi connectivity index (χ0v) is 7.51. The minimum atomic E-state index is -4.85. The highest BCUT2D eigenvalue weighted by atomic mass is 19.4. The lowest BCUT2D eigenvalue weighted by atomic mass is 10.2. The van der Waals surface area contributed by atoms with Crippen LogP contribution in [0.1, 0.15) is 5.56 Å². The molecular formula is C7H9F3N4O. The monoisotopic (exact) mass is 222 g/mol. The molecule has 0 saturated carbocycles. The highest BCUT2D eigenvalue weighted by Gasteiger charge is 2.33. The Bertz CT molecular complexity index is 366. The first-order valence-electron chi connectivity index (χ1n) is 3.84. The van der Waals surface area contributed by atoms with E-state index in [0.29, 0.717) is 5.56 Å². The fraction of sp³-hybridized carbons (Fsp3) is 0.286. The van der Waals surface area contributed by atoms with Crippen molar-refractivity contribution in [3.63, 3.8) is 0 Å². The van der Waals surface area contributed by atoms with Crippen molar-refractivity contribution in [2.24, 2.45) is 5.73 Å². The van der Waals surface area contributed by atoms with Crippen LogP contribution in [0.2, 0.25) is 0 Å². The number of anilines is 2. The number of hydrogen-bond donors (Lipinski definition) is 3. The fourth-order valence-corrected chi connectivity index (χ4v) is 0.924. The van der Waals surface area contributed by atoms with Crippen LogP contribution in [0.3, 0.4) is 0 Å². The van der Waals surface area contributed by atoms with Gasteiger partial charge in [-0.2, -0.15) is 4.98 Å². The van der Waals surface area contributed by atoms with E-state index in [4.69, 9.17) is 17.2 Å². The van der Waals surface area contributed by atoms with Gasteiger partial charge in [0.25, 0.3) is 0 Å². The number of nitrogens with zero attached hydrogens (tertiary/aromatic N) is 1. The van der Waals surface area contributed by atoms with Crippen molar-refractivity contribution < 1.29 is 17.9 Å². The van der Waals surface area contributed by atoms with Crippen molar-refractivity contribution in [3.8, 4) is 5.88 Å². The van der Waals surface area contributed by atoms with Crippen LogP contribution in [0.15, 0.2) is 6.07 Å². The maximum absolute atomic E-state index is 11.9. The van der Waals surface area contributed by atoms with Crippen LogP contribution in [0, 0.1) is 0 Å². The summed E-state index contributed by atoms with van der Waals surface area (Å²) < 4.78 is 39.1. The molecule has 0 amide bonds. The van der Waals surface area contributed by atoms with Crippen molar-refractivity contribution in [2.75, 3.05) is 11.5 Å². The molecule has 1 aromatic rings. The van der Waals surface area contributed by atoms with E-state index in [9.17, 15) is 13.2 Å². The minimum absolute atomic E-state index is 0.0370. The number of halogens is 3. The lowest BCUT2D eigenvalue weighted by Gasteiger charge is -2.12. The molecule has 0 bridgehead atoms. The molecule has 1 aromatic heterocycles. The zero-order valence-electron chi connectivity index (χ0n) is 7.51. The number of ether oxygens (including phenoxy) is 1. The second-order valence-electron chi connectivity index (χ2n) is 2.68. The van der Waals surface area contributed by atoms with Gasteiger partial charge in [-0.1, -0.05) is 0 Å². The molecule has 6 N–H and O–H groups in total. The van der Waals surface area contributed by atoms with E-state index < -0.39 is 12.2 Å². The summed E-state index contributed by atoms with van der Waals surface area (Å²) in [6.07, 6.45) is -4.85. The van der Waals surface area contributed by atoms with Gasteiger partial charge in [0.15, 0.2) is 0 Å². The van der Waals surface area contributed by atoms with Gasteiger partial charge in [0.05, 0.1) is 5.69 Å². The summed E-state index contributed by atoms with van der Waals surface area (Å²) >= 11 is 0. The van der Waals surface area contributed by atoms with Gasteiger partial charge < -0.3 is 21.9 Å². The molecule has 5 nitrogen and oxygen atoms in total. The molecule has 0 fully saturated rings. The van der Waals surface area contributed by atoms with E-state index in [1.807, 2.05) is 0 Å². The molecule has 0 radical (unpaired) electrons. The first-order chi connectivity index (χ1) is 6.83. The molecule has 0 aliphatic heterocycles. The lowest BCUT2D eigenvalue weighted by molar-refractivity contribution is -0.275. The SMILES string of the molecule is NCc1cc(N)c(OC(F)(F)F)nc1N. The molecular weight excluding hydrogens is 213 g/mol. The predicted molar refractivity (Wildman–Crippen MR) is 47.6 cm³/mol. The van der Waals surface area contributed by atoms with Crippen molar-refractivity contribution >= 4 is 11.5 Å². The highest BCUT2D eigenvalue weighted by Crippen LogP contribution is 2.28. The van der Waals surface area contributed by atoms with Crippen LogP contribution < -0.4 is 21.9 Å². The normalized spacial score (nSPS) is 11.5. The van der Waals surface area contributed by atoms with Crippen molar-refractivity contribution in [1.29, 1.82) is 0 Å². The molecule has 84 valence electrons. The number of aromatic nitrogens is 1. The van der Waals surface area contributed by atoms with Gasteiger partial charge in [0.1, 0.15) is 5.82 Å². The van der Waals surface area contributed by atoms with Gasteiger partial charge in [0.2, 0.25) is 5.88 Å². The van der Waals surface area contributed by atoms with E-state index in [2.05, 4.69) is 9.72 Å². The summed E-state index contributed by atoms with van der Waals surface area (Å²) in [5.41, 5.74) is 16.0. The Morgan fingerprint density at radius 3 is 2.40 bits per heavy atom. The van der Waals surface area contributed by atoms with Crippen LogP contribution in [-0.2, 0) is 6.54 Å². The average molecular weight is 222 g/mol. The van der Waals surface area contributed by atoms with Crippen molar-refractivity contribution in [3.05, 3.63) is 11.6 Å². The number of rotatable bonds is 2. The van der Waals surface area contributed by atoms with Crippen molar-refractivity contribution in [1.82, 2.24) is 4.98 Å². The van der Waals surface area contributed by atoms with Crippen LogP contribution >= 0.6 is 0 Å². The maximum Gasteiger partial charge on any atom is 0.574 e. The smallest absolute Gasteiger partial charge is 0.394 e. The number of hydrogen-bond acceptors (Lipinski definition) is 5. The Morgan fingerprint density at radius 2 is 1.93 bits per heavy atom. The zero-order chi connectivity index (χ0) is 11.6. The Hall–Kier alpha value is -1.70. The molecule has 0 saturated heterocycles. The van der Waals surface area contributed by atoms with E-state index in [-0.39, 0.29) is 18.1 Å². The van der Waals surface area contributed by atoms with Crippen LogP contribution in [0.5, 0.6) is 5.88 Å². The van der Waals surface area contributed by atoms with Crippen molar-refractivity contribution in [2.45, 2.75) is 12.9 Å².